The van der Waals surface area contributed by atoms with Crippen molar-refractivity contribution in [2.75, 3.05) is 19.7 Å². The Kier molecular flexibility index (Phi) is 5.06. The summed E-state index contributed by atoms with van der Waals surface area (Å²) in [6.45, 7) is 1.25. The first kappa shape index (κ1) is 16.1. The molecule has 1 aromatic rings. The molecule has 6 heteroatoms. The second-order valence-corrected chi connectivity index (χ2v) is 6.62. The summed E-state index contributed by atoms with van der Waals surface area (Å²) in [5, 5.41) is 3.68. The van der Waals surface area contributed by atoms with Crippen LogP contribution in [0.15, 0.2) is 24.3 Å². The fourth-order valence-corrected chi connectivity index (χ4v) is 2.83. The molecule has 0 spiro atoms. The summed E-state index contributed by atoms with van der Waals surface area (Å²) in [7, 11) is 0. The molecule has 5 nitrogen and oxygen atoms in total. The van der Waals surface area contributed by atoms with Crippen LogP contribution in [0.3, 0.4) is 0 Å². The van der Waals surface area contributed by atoms with Gasteiger partial charge < -0.3 is 15.0 Å². The second-order valence-electron chi connectivity index (χ2n) is 6.18. The van der Waals surface area contributed by atoms with Gasteiger partial charge in [-0.3, -0.25) is 9.59 Å². The van der Waals surface area contributed by atoms with Crippen molar-refractivity contribution < 1.29 is 14.3 Å². The number of ether oxygens (including phenoxy) is 1. The molecule has 1 aromatic carbocycles. The molecule has 0 unspecified atom stereocenters. The molecule has 2 aliphatic rings. The Morgan fingerprint density at radius 1 is 1.13 bits per heavy atom. The first-order chi connectivity index (χ1) is 11.1. The van der Waals surface area contributed by atoms with Gasteiger partial charge in [0.05, 0.1) is 0 Å². The van der Waals surface area contributed by atoms with Crippen molar-refractivity contribution in [1.82, 2.24) is 10.2 Å². The molecule has 23 heavy (non-hydrogen) atoms. The summed E-state index contributed by atoms with van der Waals surface area (Å²) in [5.41, 5.74) is 0. The lowest BCUT2D eigenvalue weighted by atomic mass is 9.96. The van der Waals surface area contributed by atoms with Gasteiger partial charge in [-0.1, -0.05) is 11.6 Å². The number of likely N-dealkylation sites (tertiary alicyclic amines) is 1. The molecule has 1 aliphatic heterocycles. The van der Waals surface area contributed by atoms with Gasteiger partial charge in [0.25, 0.3) is 5.91 Å². The Labute approximate surface area is 140 Å². The van der Waals surface area contributed by atoms with Crippen molar-refractivity contribution in [3.63, 3.8) is 0 Å². The number of piperidine rings is 1. The van der Waals surface area contributed by atoms with Gasteiger partial charge in [-0.05, 0) is 49.9 Å². The molecular weight excluding hydrogens is 316 g/mol. The lowest BCUT2D eigenvalue weighted by Gasteiger charge is -2.31. The number of amides is 2. The molecular formula is C17H21ClN2O3. The quantitative estimate of drug-likeness (QED) is 0.897. The lowest BCUT2D eigenvalue weighted by molar-refractivity contribution is -0.137. The van der Waals surface area contributed by atoms with Crippen LogP contribution in [-0.2, 0) is 9.59 Å². The highest BCUT2D eigenvalue weighted by Gasteiger charge is 2.31. The van der Waals surface area contributed by atoms with Crippen LogP contribution >= 0.6 is 11.6 Å². The van der Waals surface area contributed by atoms with Gasteiger partial charge in [0.2, 0.25) is 5.91 Å². The van der Waals surface area contributed by atoms with E-state index in [-0.39, 0.29) is 24.3 Å². The molecule has 0 aromatic heterocycles. The van der Waals surface area contributed by atoms with Gasteiger partial charge in [0, 0.05) is 30.1 Å². The summed E-state index contributed by atoms with van der Waals surface area (Å²) >= 11 is 5.81. The van der Waals surface area contributed by atoms with Crippen LogP contribution in [0.2, 0.25) is 5.02 Å². The van der Waals surface area contributed by atoms with Crippen LogP contribution in [0, 0.1) is 5.92 Å². The van der Waals surface area contributed by atoms with Crippen molar-refractivity contribution in [3.05, 3.63) is 29.3 Å². The second kappa shape index (κ2) is 7.21. The van der Waals surface area contributed by atoms with E-state index in [9.17, 15) is 9.59 Å². The standard InChI is InChI=1S/C17H21ClN2O3/c18-13-1-5-15(6-2-13)23-11-16(21)20-9-7-12(8-10-20)17(22)19-14-3-4-14/h1-2,5-6,12,14H,3-4,7-11H2,(H,19,22). The van der Waals surface area contributed by atoms with E-state index in [0.717, 1.165) is 25.7 Å². The molecule has 124 valence electrons. The zero-order valence-corrected chi connectivity index (χ0v) is 13.7. The van der Waals surface area contributed by atoms with Gasteiger partial charge in [0.1, 0.15) is 5.75 Å². The van der Waals surface area contributed by atoms with Crippen molar-refractivity contribution >= 4 is 23.4 Å². The Bertz CT molecular complexity index is 564. The zero-order chi connectivity index (χ0) is 16.2. The van der Waals surface area contributed by atoms with E-state index in [2.05, 4.69) is 5.32 Å². The average Bonchev–Trinajstić information content (AvgIpc) is 3.38. The smallest absolute Gasteiger partial charge is 0.260 e. The molecule has 1 N–H and O–H groups in total. The van der Waals surface area contributed by atoms with E-state index in [1.165, 1.54) is 0 Å². The predicted molar refractivity (Wildman–Crippen MR) is 87.4 cm³/mol. The number of hydrogen-bond acceptors (Lipinski definition) is 3. The van der Waals surface area contributed by atoms with Gasteiger partial charge >= 0.3 is 0 Å². The molecule has 3 rings (SSSR count). The molecule has 1 saturated carbocycles. The van der Waals surface area contributed by atoms with Crippen LogP contribution in [0.1, 0.15) is 25.7 Å². The molecule has 1 saturated heterocycles. The van der Waals surface area contributed by atoms with Crippen molar-refractivity contribution in [1.29, 1.82) is 0 Å². The number of rotatable bonds is 5. The molecule has 0 bridgehead atoms. The summed E-state index contributed by atoms with van der Waals surface area (Å²) < 4.78 is 5.48. The minimum Gasteiger partial charge on any atom is -0.484 e. The van der Waals surface area contributed by atoms with Gasteiger partial charge in [-0.25, -0.2) is 0 Å². The van der Waals surface area contributed by atoms with Crippen LogP contribution < -0.4 is 10.1 Å². The Morgan fingerprint density at radius 2 is 1.78 bits per heavy atom. The van der Waals surface area contributed by atoms with E-state index in [1.807, 2.05) is 0 Å². The topological polar surface area (TPSA) is 58.6 Å². The minimum atomic E-state index is -0.0407. The summed E-state index contributed by atoms with van der Waals surface area (Å²) in [6, 6.07) is 7.33. The number of carbonyl (C=O) groups excluding carboxylic acids is 2. The molecule has 1 aliphatic carbocycles. The van der Waals surface area contributed by atoms with Crippen LogP contribution in [0.4, 0.5) is 0 Å². The molecule has 1 heterocycles. The van der Waals surface area contributed by atoms with Crippen LogP contribution in [0.25, 0.3) is 0 Å². The van der Waals surface area contributed by atoms with E-state index in [1.54, 1.807) is 29.2 Å². The minimum absolute atomic E-state index is 0.0145. The average molecular weight is 337 g/mol. The van der Waals surface area contributed by atoms with Crippen molar-refractivity contribution in [2.45, 2.75) is 31.7 Å². The lowest BCUT2D eigenvalue weighted by Crippen LogP contribution is -2.44. The number of carbonyl (C=O) groups is 2. The Morgan fingerprint density at radius 3 is 2.39 bits per heavy atom. The highest BCUT2D eigenvalue weighted by molar-refractivity contribution is 6.30. The maximum Gasteiger partial charge on any atom is 0.260 e. The van der Waals surface area contributed by atoms with Gasteiger partial charge in [0.15, 0.2) is 6.61 Å². The SMILES string of the molecule is O=C(NC1CC1)C1CCN(C(=O)COc2ccc(Cl)cc2)CC1. The molecule has 0 atom stereocenters. The molecule has 2 amide bonds. The highest BCUT2D eigenvalue weighted by atomic mass is 35.5. The van der Waals surface area contributed by atoms with Crippen LogP contribution in [0.5, 0.6) is 5.75 Å². The summed E-state index contributed by atoms with van der Waals surface area (Å²) in [4.78, 5) is 26.0. The molecule has 0 radical (unpaired) electrons. The van der Waals surface area contributed by atoms with E-state index in [4.69, 9.17) is 16.3 Å². The monoisotopic (exact) mass is 336 g/mol. The summed E-state index contributed by atoms with van der Waals surface area (Å²) in [5.74, 6) is 0.774. The third-order valence-electron chi connectivity index (χ3n) is 4.32. The maximum absolute atomic E-state index is 12.2. The van der Waals surface area contributed by atoms with Crippen molar-refractivity contribution in [3.8, 4) is 5.75 Å². The number of hydrogen-bond donors (Lipinski definition) is 1. The largest absolute Gasteiger partial charge is 0.484 e. The normalized spacial score (nSPS) is 18.6. The number of nitrogens with one attached hydrogen (secondary N) is 1. The number of halogens is 1. The fourth-order valence-electron chi connectivity index (χ4n) is 2.70. The van der Waals surface area contributed by atoms with E-state index in [0.29, 0.717) is 29.9 Å². The maximum atomic E-state index is 12.2. The zero-order valence-electron chi connectivity index (χ0n) is 13.0. The Balaban J connectivity index is 1.40. The van der Waals surface area contributed by atoms with Gasteiger partial charge in [-0.15, -0.1) is 0 Å². The van der Waals surface area contributed by atoms with Gasteiger partial charge in [-0.2, -0.15) is 0 Å². The van der Waals surface area contributed by atoms with E-state index >= 15 is 0 Å². The fraction of sp³-hybridized carbons (Fsp3) is 0.529. The highest BCUT2D eigenvalue weighted by Crippen LogP contribution is 2.23. The predicted octanol–water partition coefficient (Wildman–Crippen LogP) is 2.24. The third-order valence-corrected chi connectivity index (χ3v) is 4.57. The Hall–Kier alpha value is -1.75. The molecule has 2 fully saturated rings. The van der Waals surface area contributed by atoms with Crippen molar-refractivity contribution in [2.24, 2.45) is 5.92 Å². The van der Waals surface area contributed by atoms with E-state index < -0.39 is 0 Å². The van der Waals surface area contributed by atoms with Crippen LogP contribution in [-0.4, -0.2) is 42.5 Å². The number of nitrogens with zero attached hydrogens (tertiary/aromatic N) is 1. The summed E-state index contributed by atoms with van der Waals surface area (Å²) in [6.07, 6.45) is 3.66. The first-order valence-electron chi connectivity index (χ1n) is 8.08. The third kappa shape index (κ3) is 4.61. The number of benzene rings is 1. The first-order valence-corrected chi connectivity index (χ1v) is 8.46.